The number of hydrogen-bond donors (Lipinski definition) is 0. The normalized spacial score (nSPS) is 15.0. The number of rotatable bonds is 3. The Balaban J connectivity index is 1.22. The molecule has 2 aliphatic carbocycles. The van der Waals surface area contributed by atoms with E-state index in [1.54, 1.807) is 11.3 Å². The van der Waals surface area contributed by atoms with E-state index in [4.69, 9.17) is 15.0 Å². The van der Waals surface area contributed by atoms with Crippen LogP contribution in [0.15, 0.2) is 158 Å². The lowest BCUT2D eigenvalue weighted by Gasteiger charge is -2.30. The van der Waals surface area contributed by atoms with Gasteiger partial charge < -0.3 is 0 Å². The van der Waals surface area contributed by atoms with E-state index in [9.17, 15) is 5.26 Å². The molecule has 1 unspecified atom stereocenters. The second-order valence-corrected chi connectivity index (χ2v) is 14.5. The zero-order valence-electron chi connectivity index (χ0n) is 27.7. The van der Waals surface area contributed by atoms with Gasteiger partial charge in [0.15, 0.2) is 17.5 Å². The van der Waals surface area contributed by atoms with Crippen LogP contribution in [0.3, 0.4) is 0 Å². The molecule has 0 bridgehead atoms. The molecule has 0 radical (unpaired) electrons. The van der Waals surface area contributed by atoms with Crippen molar-refractivity contribution >= 4 is 31.5 Å². The third-order valence-corrected chi connectivity index (χ3v) is 11.9. The molecule has 1 atom stereocenters. The molecule has 2 aromatic heterocycles. The lowest BCUT2D eigenvalue weighted by atomic mass is 9.70. The first-order chi connectivity index (χ1) is 25.7. The summed E-state index contributed by atoms with van der Waals surface area (Å²) in [5.41, 5.74) is 12.8. The maximum Gasteiger partial charge on any atom is 0.164 e. The number of benzene rings is 7. The Labute approximate surface area is 304 Å². The zero-order valence-corrected chi connectivity index (χ0v) is 28.5. The van der Waals surface area contributed by atoms with E-state index in [0.717, 1.165) is 26.8 Å². The van der Waals surface area contributed by atoms with Crippen LogP contribution in [0.5, 0.6) is 0 Å². The average molecular weight is 679 g/mol. The van der Waals surface area contributed by atoms with Crippen LogP contribution in [0.1, 0.15) is 27.8 Å². The Bertz CT molecular complexity index is 2920. The molecule has 0 aliphatic heterocycles. The van der Waals surface area contributed by atoms with Gasteiger partial charge in [0.05, 0.1) is 17.0 Å². The summed E-state index contributed by atoms with van der Waals surface area (Å²) in [5.74, 6) is 1.91. The summed E-state index contributed by atoms with van der Waals surface area (Å²) in [6.07, 6.45) is 0. The SMILES string of the molecule is N#Cc1cccc2sc3ccc4c(c3c12)-c1ccccc1C41c2ccccc2-c2ccc(-c3nc(-c4ccccc4)nc(-c4ccccc4)n3)cc21. The van der Waals surface area contributed by atoms with Crippen molar-refractivity contribution in [1.29, 1.82) is 5.26 Å². The number of hydrogen-bond acceptors (Lipinski definition) is 5. The van der Waals surface area contributed by atoms with Crippen molar-refractivity contribution in [3.63, 3.8) is 0 Å². The topological polar surface area (TPSA) is 62.5 Å². The minimum Gasteiger partial charge on any atom is -0.208 e. The molecule has 0 saturated heterocycles. The van der Waals surface area contributed by atoms with Crippen molar-refractivity contribution in [3.05, 3.63) is 186 Å². The van der Waals surface area contributed by atoms with Crippen LogP contribution < -0.4 is 0 Å². The number of nitriles is 1. The first-order valence-corrected chi connectivity index (χ1v) is 18.2. The Morgan fingerprint density at radius 2 is 1.02 bits per heavy atom. The first kappa shape index (κ1) is 29.0. The summed E-state index contributed by atoms with van der Waals surface area (Å²) in [4.78, 5) is 15.2. The summed E-state index contributed by atoms with van der Waals surface area (Å²) >= 11 is 1.76. The molecule has 52 heavy (non-hydrogen) atoms. The highest BCUT2D eigenvalue weighted by molar-refractivity contribution is 7.26. The minimum absolute atomic E-state index is 0.574. The van der Waals surface area contributed by atoms with Crippen molar-refractivity contribution in [2.45, 2.75) is 5.41 Å². The van der Waals surface area contributed by atoms with Crippen molar-refractivity contribution in [2.24, 2.45) is 0 Å². The van der Waals surface area contributed by atoms with Crippen LogP contribution in [0.2, 0.25) is 0 Å². The molecule has 9 aromatic rings. The molecule has 4 nitrogen and oxygen atoms in total. The molecule has 11 rings (SSSR count). The number of nitrogens with zero attached hydrogens (tertiary/aromatic N) is 4. The fourth-order valence-electron chi connectivity index (χ4n) is 8.70. The summed E-state index contributed by atoms with van der Waals surface area (Å²) in [7, 11) is 0. The maximum absolute atomic E-state index is 10.3. The molecule has 240 valence electrons. The fraction of sp³-hybridized carbons (Fsp3) is 0.0213. The van der Waals surface area contributed by atoms with Crippen LogP contribution in [-0.2, 0) is 5.41 Å². The Kier molecular flexibility index (Phi) is 6.07. The van der Waals surface area contributed by atoms with Crippen LogP contribution in [0, 0.1) is 11.3 Å². The van der Waals surface area contributed by atoms with E-state index >= 15 is 0 Å². The van der Waals surface area contributed by atoms with E-state index < -0.39 is 5.41 Å². The highest BCUT2D eigenvalue weighted by Gasteiger charge is 2.52. The average Bonchev–Trinajstić information content (AvgIpc) is 3.85. The molecular formula is C47H26N4S. The smallest absolute Gasteiger partial charge is 0.164 e. The van der Waals surface area contributed by atoms with Gasteiger partial charge in [-0.15, -0.1) is 11.3 Å². The second kappa shape index (κ2) is 10.9. The van der Waals surface area contributed by atoms with E-state index in [1.807, 2.05) is 72.8 Å². The number of thiophene rings is 1. The quantitative estimate of drug-likeness (QED) is 0.187. The van der Waals surface area contributed by atoms with Gasteiger partial charge >= 0.3 is 0 Å². The van der Waals surface area contributed by atoms with Gasteiger partial charge in [0.25, 0.3) is 0 Å². The van der Waals surface area contributed by atoms with E-state index in [-0.39, 0.29) is 0 Å². The van der Waals surface area contributed by atoms with Gasteiger partial charge in [-0.3, -0.25) is 0 Å². The van der Waals surface area contributed by atoms with E-state index in [1.165, 1.54) is 54.6 Å². The van der Waals surface area contributed by atoms with Gasteiger partial charge in [-0.05, 0) is 68.8 Å². The van der Waals surface area contributed by atoms with Crippen LogP contribution >= 0.6 is 11.3 Å². The van der Waals surface area contributed by atoms with Crippen LogP contribution in [0.25, 0.3) is 76.6 Å². The molecule has 7 aromatic carbocycles. The predicted octanol–water partition coefficient (Wildman–Crippen LogP) is 11.5. The summed E-state index contributed by atoms with van der Waals surface area (Å²) in [5, 5.41) is 12.5. The van der Waals surface area contributed by atoms with E-state index in [0.29, 0.717) is 23.0 Å². The van der Waals surface area contributed by atoms with Gasteiger partial charge in [-0.1, -0.05) is 133 Å². The minimum atomic E-state index is -0.574. The summed E-state index contributed by atoms with van der Waals surface area (Å²) < 4.78 is 2.32. The van der Waals surface area contributed by atoms with Crippen molar-refractivity contribution in [3.8, 4) is 62.5 Å². The largest absolute Gasteiger partial charge is 0.208 e. The Hall–Kier alpha value is -6.74. The third-order valence-electron chi connectivity index (χ3n) is 10.8. The molecule has 0 amide bonds. The standard InChI is InChI=1S/C47H26N4S/c48-27-31-16-11-21-39-41(31)43-40(52-39)25-24-37-42(43)34-18-8-10-20-36(34)47(37)35-19-9-7-17-32(35)33-23-22-30(26-38(33)47)46-50-44(28-12-3-1-4-13-28)49-45(51-46)29-14-5-2-6-15-29/h1-26H. The van der Waals surface area contributed by atoms with Crippen LogP contribution in [0.4, 0.5) is 0 Å². The predicted molar refractivity (Wildman–Crippen MR) is 210 cm³/mol. The highest BCUT2D eigenvalue weighted by atomic mass is 32.1. The van der Waals surface area contributed by atoms with Crippen molar-refractivity contribution < 1.29 is 0 Å². The van der Waals surface area contributed by atoms with Gasteiger partial charge in [0.1, 0.15) is 0 Å². The molecule has 1 spiro atoms. The van der Waals surface area contributed by atoms with E-state index in [2.05, 4.69) is 91.0 Å². The molecule has 2 heterocycles. The van der Waals surface area contributed by atoms with Gasteiger partial charge in [0.2, 0.25) is 0 Å². The van der Waals surface area contributed by atoms with Crippen molar-refractivity contribution in [2.75, 3.05) is 0 Å². The molecule has 0 N–H and O–H groups in total. The summed E-state index contributed by atoms with van der Waals surface area (Å²) in [6.45, 7) is 0. The van der Waals surface area contributed by atoms with Crippen molar-refractivity contribution in [1.82, 2.24) is 15.0 Å². The lowest BCUT2D eigenvalue weighted by molar-refractivity contribution is 0.794. The van der Waals surface area contributed by atoms with Gasteiger partial charge in [0, 0.05) is 36.9 Å². The molecule has 5 heteroatoms. The maximum atomic E-state index is 10.3. The molecule has 0 saturated carbocycles. The fourth-order valence-corrected chi connectivity index (χ4v) is 9.84. The number of aromatic nitrogens is 3. The molecule has 0 fully saturated rings. The monoisotopic (exact) mass is 678 g/mol. The lowest BCUT2D eigenvalue weighted by Crippen LogP contribution is -2.25. The van der Waals surface area contributed by atoms with Gasteiger partial charge in [-0.2, -0.15) is 5.26 Å². The molecule has 2 aliphatic rings. The third kappa shape index (κ3) is 3.87. The van der Waals surface area contributed by atoms with Crippen LogP contribution in [-0.4, -0.2) is 15.0 Å². The Morgan fingerprint density at radius 3 is 1.71 bits per heavy atom. The zero-order chi connectivity index (χ0) is 34.4. The van der Waals surface area contributed by atoms with Gasteiger partial charge in [-0.25, -0.2) is 15.0 Å². The second-order valence-electron chi connectivity index (χ2n) is 13.4. The first-order valence-electron chi connectivity index (χ1n) is 17.3. The number of fused-ring (bicyclic) bond motifs is 14. The molecular weight excluding hydrogens is 653 g/mol. The summed E-state index contributed by atoms with van der Waals surface area (Å²) in [6, 6.07) is 57.8. The Morgan fingerprint density at radius 1 is 0.442 bits per heavy atom. The highest BCUT2D eigenvalue weighted by Crippen LogP contribution is 2.64.